The van der Waals surface area contributed by atoms with Crippen LogP contribution in [0.4, 0.5) is 17.6 Å². The molecule has 0 bridgehead atoms. The molecule has 3 aromatic rings. The lowest BCUT2D eigenvalue weighted by atomic mass is 9.96. The monoisotopic (exact) mass is 457 g/mol. The maximum absolute atomic E-state index is 14.1. The molecule has 0 N–H and O–H groups in total. The van der Waals surface area contributed by atoms with E-state index in [2.05, 4.69) is 0 Å². The molecule has 4 nitrogen and oxygen atoms in total. The second-order valence-electron chi connectivity index (χ2n) is 8.09. The van der Waals surface area contributed by atoms with Crippen LogP contribution in [-0.4, -0.2) is 23.9 Å². The second kappa shape index (κ2) is 8.10. The van der Waals surface area contributed by atoms with Crippen LogP contribution in [0.3, 0.4) is 0 Å². The Morgan fingerprint density at radius 3 is 1.85 bits per heavy atom. The summed E-state index contributed by atoms with van der Waals surface area (Å²) in [5.74, 6) is -6.13. The highest BCUT2D eigenvalue weighted by molar-refractivity contribution is 5.95. The smallest absolute Gasteiger partial charge is 0.305 e. The van der Waals surface area contributed by atoms with E-state index in [1.807, 2.05) is 0 Å². The number of fused-ring (bicyclic) bond motifs is 1. The lowest BCUT2D eigenvalue weighted by Gasteiger charge is -2.28. The van der Waals surface area contributed by atoms with Crippen molar-refractivity contribution in [2.24, 2.45) is 0 Å². The SMILES string of the molecule is O=C(c1ccc2c(c1)OC(c1ccc(F)c(F)c1)(c1ccc(F)c(F)c1)O2)N1CCCCC1. The van der Waals surface area contributed by atoms with Crippen molar-refractivity contribution >= 4 is 5.91 Å². The van der Waals surface area contributed by atoms with Crippen LogP contribution in [0.1, 0.15) is 40.7 Å². The molecule has 1 amide bonds. The van der Waals surface area contributed by atoms with Gasteiger partial charge in [-0.2, -0.15) is 0 Å². The summed E-state index contributed by atoms with van der Waals surface area (Å²) >= 11 is 0. The third-order valence-corrected chi connectivity index (χ3v) is 5.94. The van der Waals surface area contributed by atoms with E-state index < -0.39 is 29.1 Å². The van der Waals surface area contributed by atoms with Gasteiger partial charge in [0, 0.05) is 29.8 Å². The molecule has 2 heterocycles. The number of ether oxygens (including phenoxy) is 2. The van der Waals surface area contributed by atoms with Crippen LogP contribution in [0.5, 0.6) is 11.5 Å². The quantitative estimate of drug-likeness (QED) is 0.485. The van der Waals surface area contributed by atoms with Crippen LogP contribution in [0.25, 0.3) is 0 Å². The number of likely N-dealkylation sites (tertiary alicyclic amines) is 1. The molecule has 170 valence electrons. The minimum absolute atomic E-state index is 0.0347. The average Bonchev–Trinajstić information content (AvgIpc) is 3.22. The normalized spacial score (nSPS) is 16.7. The zero-order valence-electron chi connectivity index (χ0n) is 17.4. The molecule has 5 rings (SSSR count). The van der Waals surface area contributed by atoms with Crippen LogP contribution in [0, 0.1) is 23.3 Å². The first-order chi connectivity index (χ1) is 15.9. The fraction of sp³-hybridized carbons (Fsp3) is 0.240. The minimum Gasteiger partial charge on any atom is -0.440 e. The highest BCUT2D eigenvalue weighted by Crippen LogP contribution is 2.48. The Balaban J connectivity index is 1.57. The van der Waals surface area contributed by atoms with Crippen molar-refractivity contribution < 1.29 is 31.8 Å². The van der Waals surface area contributed by atoms with Gasteiger partial charge in [-0.3, -0.25) is 4.79 Å². The van der Waals surface area contributed by atoms with Gasteiger partial charge in [0.25, 0.3) is 5.91 Å². The fourth-order valence-corrected chi connectivity index (χ4v) is 4.22. The molecule has 0 atom stereocenters. The van der Waals surface area contributed by atoms with E-state index in [1.165, 1.54) is 24.3 Å². The predicted octanol–water partition coefficient (Wildman–Crippen LogP) is 5.54. The van der Waals surface area contributed by atoms with E-state index in [9.17, 15) is 22.4 Å². The summed E-state index contributed by atoms with van der Waals surface area (Å²) in [5.41, 5.74) is 0.450. The van der Waals surface area contributed by atoms with Gasteiger partial charge in [0.15, 0.2) is 34.8 Å². The molecule has 2 aliphatic rings. The van der Waals surface area contributed by atoms with Crippen molar-refractivity contribution in [3.05, 3.63) is 94.6 Å². The van der Waals surface area contributed by atoms with Crippen LogP contribution in [-0.2, 0) is 5.79 Å². The van der Waals surface area contributed by atoms with E-state index in [4.69, 9.17) is 9.47 Å². The van der Waals surface area contributed by atoms with Crippen LogP contribution in [0.2, 0.25) is 0 Å². The van der Waals surface area contributed by atoms with Crippen molar-refractivity contribution in [2.45, 2.75) is 25.0 Å². The topological polar surface area (TPSA) is 38.8 Å². The van der Waals surface area contributed by atoms with Crippen molar-refractivity contribution in [3.8, 4) is 11.5 Å². The summed E-state index contributed by atoms with van der Waals surface area (Å²) in [6, 6.07) is 10.7. The van der Waals surface area contributed by atoms with E-state index in [-0.39, 0.29) is 28.5 Å². The summed E-state index contributed by atoms with van der Waals surface area (Å²) in [7, 11) is 0. The van der Waals surface area contributed by atoms with Crippen molar-refractivity contribution in [1.29, 1.82) is 0 Å². The number of rotatable bonds is 3. The van der Waals surface area contributed by atoms with Crippen LogP contribution in [0.15, 0.2) is 54.6 Å². The third kappa shape index (κ3) is 3.69. The number of halogens is 4. The van der Waals surface area contributed by atoms with Crippen molar-refractivity contribution in [2.75, 3.05) is 13.1 Å². The summed E-state index contributed by atoms with van der Waals surface area (Å²) < 4.78 is 67.5. The zero-order valence-corrected chi connectivity index (χ0v) is 17.4. The largest absolute Gasteiger partial charge is 0.440 e. The van der Waals surface area contributed by atoms with E-state index in [1.54, 1.807) is 11.0 Å². The zero-order chi connectivity index (χ0) is 23.2. The Morgan fingerprint density at radius 2 is 1.27 bits per heavy atom. The number of amides is 1. The van der Waals surface area contributed by atoms with Gasteiger partial charge in [0.2, 0.25) is 0 Å². The second-order valence-corrected chi connectivity index (χ2v) is 8.09. The Hall–Kier alpha value is -3.55. The molecule has 0 unspecified atom stereocenters. The van der Waals surface area contributed by atoms with Crippen molar-refractivity contribution in [1.82, 2.24) is 4.90 Å². The van der Waals surface area contributed by atoms with E-state index >= 15 is 0 Å². The molecular weight excluding hydrogens is 438 g/mol. The molecule has 1 fully saturated rings. The number of benzene rings is 3. The summed E-state index contributed by atoms with van der Waals surface area (Å²) in [6.45, 7) is 1.34. The number of carbonyl (C=O) groups excluding carboxylic acids is 1. The number of hydrogen-bond donors (Lipinski definition) is 0. The minimum atomic E-state index is -1.90. The molecular formula is C25H19F4NO3. The van der Waals surface area contributed by atoms with Gasteiger partial charge in [-0.25, -0.2) is 17.6 Å². The van der Waals surface area contributed by atoms with Crippen molar-refractivity contribution in [3.63, 3.8) is 0 Å². The maximum atomic E-state index is 14.1. The molecule has 3 aromatic carbocycles. The fourth-order valence-electron chi connectivity index (χ4n) is 4.22. The maximum Gasteiger partial charge on any atom is 0.305 e. The van der Waals surface area contributed by atoms with E-state index in [0.717, 1.165) is 43.5 Å². The lowest BCUT2D eigenvalue weighted by Crippen LogP contribution is -2.37. The first-order valence-electron chi connectivity index (χ1n) is 10.6. The van der Waals surface area contributed by atoms with Gasteiger partial charge >= 0.3 is 5.79 Å². The van der Waals surface area contributed by atoms with E-state index in [0.29, 0.717) is 18.7 Å². The summed E-state index contributed by atoms with van der Waals surface area (Å²) in [4.78, 5) is 14.7. The number of nitrogens with zero attached hydrogens (tertiary/aromatic N) is 1. The highest BCUT2D eigenvalue weighted by Gasteiger charge is 2.46. The van der Waals surface area contributed by atoms with Gasteiger partial charge in [-0.05, 0) is 73.9 Å². The average molecular weight is 457 g/mol. The molecule has 0 spiro atoms. The first-order valence-corrected chi connectivity index (χ1v) is 10.6. The standard InChI is InChI=1S/C25H19F4NO3/c26-18-7-5-16(13-20(18)28)25(17-6-8-19(27)21(29)14-17)32-22-9-4-15(12-23(22)33-25)24(31)30-10-2-1-3-11-30/h4-9,12-14H,1-3,10-11H2. The van der Waals surface area contributed by atoms with Crippen LogP contribution >= 0.6 is 0 Å². The molecule has 33 heavy (non-hydrogen) atoms. The summed E-state index contributed by atoms with van der Waals surface area (Å²) in [5, 5.41) is 0. The molecule has 1 saturated heterocycles. The molecule has 2 aliphatic heterocycles. The van der Waals surface area contributed by atoms with Gasteiger partial charge in [0.05, 0.1) is 0 Å². The summed E-state index contributed by atoms with van der Waals surface area (Å²) in [6.07, 6.45) is 2.95. The first kappa shape index (κ1) is 21.3. The van der Waals surface area contributed by atoms with Crippen LogP contribution < -0.4 is 9.47 Å². The number of carbonyl (C=O) groups is 1. The van der Waals surface area contributed by atoms with Gasteiger partial charge in [-0.15, -0.1) is 0 Å². The Bertz CT molecular complexity index is 1190. The Labute approximate surface area is 187 Å². The predicted molar refractivity (Wildman–Crippen MR) is 111 cm³/mol. The van der Waals surface area contributed by atoms with Gasteiger partial charge in [0.1, 0.15) is 0 Å². The number of piperidine rings is 1. The Morgan fingerprint density at radius 1 is 0.697 bits per heavy atom. The number of hydrogen-bond acceptors (Lipinski definition) is 3. The lowest BCUT2D eigenvalue weighted by molar-refractivity contribution is -0.0465. The Kier molecular flexibility index (Phi) is 5.23. The molecule has 0 radical (unpaired) electrons. The molecule has 8 heteroatoms. The highest BCUT2D eigenvalue weighted by atomic mass is 19.2. The molecule has 0 aromatic heterocycles. The van der Waals surface area contributed by atoms with Gasteiger partial charge < -0.3 is 14.4 Å². The molecule has 0 saturated carbocycles. The van der Waals surface area contributed by atoms with Gasteiger partial charge in [-0.1, -0.05) is 0 Å². The molecule has 0 aliphatic carbocycles. The third-order valence-electron chi connectivity index (χ3n) is 5.94.